The average Bonchev–Trinajstić information content (AvgIpc) is 2.98. The summed E-state index contributed by atoms with van der Waals surface area (Å²) in [6.45, 7) is 0. The van der Waals surface area contributed by atoms with Gasteiger partial charge in [-0.1, -0.05) is 23.2 Å². The number of aromatic carboxylic acids is 2. The second-order valence-corrected chi connectivity index (χ2v) is 9.77. The first-order chi connectivity index (χ1) is 22.2. The van der Waals surface area contributed by atoms with Crippen molar-refractivity contribution in [3.05, 3.63) is 125 Å². The third kappa shape index (κ3) is 10.7. The van der Waals surface area contributed by atoms with Crippen molar-refractivity contribution in [2.24, 2.45) is 0 Å². The summed E-state index contributed by atoms with van der Waals surface area (Å²) in [5.74, 6) is -3.98. The third-order valence-electron chi connectivity index (χ3n) is 5.75. The fraction of sp³-hybridized carbons (Fsp3) is 0.0714. The van der Waals surface area contributed by atoms with Crippen molar-refractivity contribution < 1.29 is 95.0 Å². The number of hydrogen-bond acceptors (Lipinski definition) is 9. The van der Waals surface area contributed by atoms with Gasteiger partial charge in [0, 0.05) is 18.2 Å². The zero-order valence-corrected chi connectivity index (χ0v) is 27.5. The van der Waals surface area contributed by atoms with Gasteiger partial charge in [0.1, 0.15) is 28.6 Å². The summed E-state index contributed by atoms with van der Waals surface area (Å²) in [7, 11) is 0. The van der Waals surface area contributed by atoms with Crippen molar-refractivity contribution in [2.45, 2.75) is 12.4 Å². The molecule has 49 heavy (non-hydrogen) atoms. The molecule has 4 aromatic rings. The van der Waals surface area contributed by atoms with Gasteiger partial charge >= 0.3 is 47.9 Å². The second kappa shape index (κ2) is 16.2. The maximum absolute atomic E-state index is 12.6. The number of nitro groups is 2. The predicted molar refractivity (Wildman–Crippen MR) is 151 cm³/mol. The van der Waals surface area contributed by atoms with Crippen LogP contribution < -0.4 is 44.1 Å². The SMILES string of the molecule is O=C(O)c1cc(Oc2ccc(C(F)(F)F)cc2Cl)ccc1[N+](=O)[O-].O=C([O-])c1cc(Oc2ccc(C(F)(F)F)cc2Cl)ccc1[N+](=O)[O-].[Na+]. The van der Waals surface area contributed by atoms with Crippen LogP contribution in [-0.4, -0.2) is 26.9 Å². The van der Waals surface area contributed by atoms with Crippen molar-refractivity contribution in [3.8, 4) is 23.0 Å². The van der Waals surface area contributed by atoms with E-state index >= 15 is 0 Å². The van der Waals surface area contributed by atoms with Crippen molar-refractivity contribution in [1.82, 2.24) is 0 Å². The molecule has 0 atom stereocenters. The van der Waals surface area contributed by atoms with Crippen LogP contribution in [0.25, 0.3) is 0 Å². The van der Waals surface area contributed by atoms with E-state index in [-0.39, 0.29) is 62.6 Å². The van der Waals surface area contributed by atoms with Gasteiger partial charge in [-0.3, -0.25) is 20.2 Å². The van der Waals surface area contributed by atoms with E-state index in [1.807, 2.05) is 0 Å². The molecule has 0 aliphatic carbocycles. The summed E-state index contributed by atoms with van der Waals surface area (Å²) in [5, 5.41) is 40.7. The van der Waals surface area contributed by atoms with Crippen LogP contribution in [0.5, 0.6) is 23.0 Å². The maximum atomic E-state index is 12.6. The number of rotatable bonds is 8. The Labute approximate surface area is 301 Å². The summed E-state index contributed by atoms with van der Waals surface area (Å²) >= 11 is 11.4. The molecule has 0 heterocycles. The average molecular weight is 745 g/mol. The Hall–Kier alpha value is -4.62. The Bertz CT molecular complexity index is 1790. The van der Waals surface area contributed by atoms with Crippen LogP contribution in [0.15, 0.2) is 72.8 Å². The summed E-state index contributed by atoms with van der Waals surface area (Å²) in [5.41, 5.74) is -4.68. The summed E-state index contributed by atoms with van der Waals surface area (Å²) in [4.78, 5) is 41.7. The number of ether oxygens (including phenoxy) is 2. The van der Waals surface area contributed by atoms with Crippen LogP contribution >= 0.6 is 23.2 Å². The molecule has 0 aromatic heterocycles. The topological polar surface area (TPSA) is 182 Å². The Kier molecular flexibility index (Phi) is 13.4. The molecule has 4 aromatic carbocycles. The van der Waals surface area contributed by atoms with Crippen LogP contribution in [0, 0.1) is 20.2 Å². The van der Waals surface area contributed by atoms with Crippen molar-refractivity contribution in [2.75, 3.05) is 0 Å². The molecule has 0 unspecified atom stereocenters. The number of nitro benzene ring substituents is 2. The molecule has 0 spiro atoms. The molecular formula is C28H13Cl2F6N2NaO10. The molecule has 0 saturated heterocycles. The van der Waals surface area contributed by atoms with Gasteiger partial charge < -0.3 is 24.5 Å². The van der Waals surface area contributed by atoms with E-state index in [0.29, 0.717) is 12.1 Å². The van der Waals surface area contributed by atoms with Crippen LogP contribution in [-0.2, 0) is 12.4 Å². The summed E-state index contributed by atoms with van der Waals surface area (Å²) in [6, 6.07) is 10.4. The molecule has 21 heteroatoms. The van der Waals surface area contributed by atoms with Crippen molar-refractivity contribution in [1.29, 1.82) is 0 Å². The zero-order chi connectivity index (χ0) is 36.1. The number of carboxylic acid groups (broad SMARTS) is 2. The molecular weight excluding hydrogens is 732 g/mol. The van der Waals surface area contributed by atoms with Crippen LogP contribution in [0.1, 0.15) is 31.8 Å². The van der Waals surface area contributed by atoms with Gasteiger partial charge in [0.2, 0.25) is 0 Å². The molecule has 0 radical (unpaired) electrons. The molecule has 0 amide bonds. The molecule has 1 N–H and O–H groups in total. The Morgan fingerprint density at radius 2 is 1.02 bits per heavy atom. The van der Waals surface area contributed by atoms with E-state index in [1.54, 1.807) is 0 Å². The molecule has 0 saturated carbocycles. The summed E-state index contributed by atoms with van der Waals surface area (Å²) in [6.07, 6.45) is -9.16. The number of carbonyl (C=O) groups is 2. The standard InChI is InChI=1S/2C14H7ClF3NO5.Na/c2*15-10-5-7(14(16,17)18)1-4-12(10)24-8-2-3-11(19(22)23)9(6-8)13(20)21;/h2*1-6H,(H,20,21);/q;;+1/p-1. The fourth-order valence-electron chi connectivity index (χ4n) is 3.58. The monoisotopic (exact) mass is 744 g/mol. The Morgan fingerprint density at radius 1 is 0.653 bits per heavy atom. The Morgan fingerprint density at radius 3 is 1.33 bits per heavy atom. The number of carbonyl (C=O) groups excluding carboxylic acids is 1. The number of benzene rings is 4. The minimum absolute atomic E-state index is 0. The van der Waals surface area contributed by atoms with E-state index in [0.717, 1.165) is 60.7 Å². The molecule has 4 rings (SSSR count). The predicted octanol–water partition coefficient (Wildman–Crippen LogP) is 5.18. The molecule has 0 aliphatic heterocycles. The van der Waals surface area contributed by atoms with E-state index in [9.17, 15) is 61.3 Å². The van der Waals surface area contributed by atoms with E-state index in [1.165, 1.54) is 0 Å². The van der Waals surface area contributed by atoms with Crippen LogP contribution in [0.3, 0.4) is 0 Å². The molecule has 12 nitrogen and oxygen atoms in total. The van der Waals surface area contributed by atoms with Gasteiger partial charge in [-0.25, -0.2) is 4.79 Å². The third-order valence-corrected chi connectivity index (χ3v) is 6.34. The minimum atomic E-state index is -4.59. The maximum Gasteiger partial charge on any atom is 1.00 e. The van der Waals surface area contributed by atoms with Gasteiger partial charge in [-0.05, 0) is 54.6 Å². The summed E-state index contributed by atoms with van der Waals surface area (Å²) < 4.78 is 85.7. The quantitative estimate of drug-likeness (QED) is 0.109. The van der Waals surface area contributed by atoms with Crippen molar-refractivity contribution in [3.63, 3.8) is 0 Å². The molecule has 252 valence electrons. The first-order valence-electron chi connectivity index (χ1n) is 12.3. The second-order valence-electron chi connectivity index (χ2n) is 8.95. The largest absolute Gasteiger partial charge is 1.00 e. The molecule has 0 fully saturated rings. The number of carboxylic acids is 2. The first-order valence-corrected chi connectivity index (χ1v) is 13.0. The smallest absolute Gasteiger partial charge is 0.545 e. The van der Waals surface area contributed by atoms with E-state index in [4.69, 9.17) is 37.8 Å². The van der Waals surface area contributed by atoms with E-state index in [2.05, 4.69) is 0 Å². The molecule has 0 aliphatic rings. The number of hydrogen-bond donors (Lipinski definition) is 1. The van der Waals surface area contributed by atoms with Crippen LogP contribution in [0.2, 0.25) is 10.0 Å². The van der Waals surface area contributed by atoms with Gasteiger partial charge in [-0.2, -0.15) is 26.3 Å². The number of alkyl halides is 6. The Balaban J connectivity index is 0.000000333. The van der Waals surface area contributed by atoms with Gasteiger partial charge in [-0.15, -0.1) is 0 Å². The first kappa shape index (κ1) is 40.6. The number of nitrogens with zero attached hydrogens (tertiary/aromatic N) is 2. The molecule has 0 bridgehead atoms. The van der Waals surface area contributed by atoms with Gasteiger partial charge in [0.15, 0.2) is 0 Å². The minimum Gasteiger partial charge on any atom is -0.545 e. The van der Waals surface area contributed by atoms with Crippen LogP contribution in [0.4, 0.5) is 37.7 Å². The zero-order valence-electron chi connectivity index (χ0n) is 24.0. The van der Waals surface area contributed by atoms with Gasteiger partial charge in [0.05, 0.1) is 42.6 Å². The van der Waals surface area contributed by atoms with Crippen molar-refractivity contribution >= 4 is 46.5 Å². The number of halogens is 8. The van der Waals surface area contributed by atoms with E-state index < -0.39 is 67.8 Å². The fourth-order valence-corrected chi connectivity index (χ4v) is 4.02. The normalized spacial score (nSPS) is 10.9. The van der Waals surface area contributed by atoms with Gasteiger partial charge in [0.25, 0.3) is 11.4 Å².